The number of hydrogen-bond donors (Lipinski definition) is 1. The molecule has 2 heterocycles. The van der Waals surface area contributed by atoms with Gasteiger partial charge in [0.2, 0.25) is 0 Å². The van der Waals surface area contributed by atoms with Gasteiger partial charge in [0.05, 0.1) is 7.11 Å². The van der Waals surface area contributed by atoms with E-state index in [0.717, 1.165) is 29.2 Å². The molecule has 1 atom stereocenters. The van der Waals surface area contributed by atoms with Crippen LogP contribution in [0.1, 0.15) is 27.6 Å². The molecule has 0 aromatic heterocycles. The molecule has 0 aliphatic carbocycles. The zero-order valence-electron chi connectivity index (χ0n) is 19.2. The second-order valence-corrected chi connectivity index (χ2v) is 8.31. The molecule has 2 aliphatic rings. The number of nitrogens with one attached hydrogen (secondary N) is 1. The average molecular weight is 461 g/mol. The molecule has 0 fully saturated rings. The smallest absolute Gasteiger partial charge is 0.251 e. The predicted octanol–water partition coefficient (Wildman–Crippen LogP) is 3.83. The Morgan fingerprint density at radius 3 is 2.68 bits per heavy atom. The number of carbonyl (C=O) groups is 1. The van der Waals surface area contributed by atoms with Gasteiger partial charge in [0.15, 0.2) is 11.5 Å². The van der Waals surface area contributed by atoms with E-state index in [4.69, 9.17) is 18.9 Å². The standard InChI is InChI=1S/C27H28N2O5/c1-31-23-9-5-3-7-21(23)26-18-29(17-20-6-2-4-8-22(20)34-26)13-12-28-27(30)19-10-11-24-25(16-19)33-15-14-32-24/h2-11,16,26H,12-15,17-18H2,1H3,(H,28,30)/t26-/m0/s1. The van der Waals surface area contributed by atoms with Crippen molar-refractivity contribution in [3.8, 4) is 23.0 Å². The zero-order chi connectivity index (χ0) is 23.3. The highest BCUT2D eigenvalue weighted by Gasteiger charge is 2.26. The Bertz CT molecular complexity index is 1170. The molecular formula is C27H28N2O5. The highest BCUT2D eigenvalue weighted by Crippen LogP contribution is 2.34. The van der Waals surface area contributed by atoms with Crippen molar-refractivity contribution in [2.75, 3.05) is 40.0 Å². The van der Waals surface area contributed by atoms with Crippen molar-refractivity contribution in [3.63, 3.8) is 0 Å². The fourth-order valence-corrected chi connectivity index (χ4v) is 4.36. The van der Waals surface area contributed by atoms with Crippen molar-refractivity contribution in [2.24, 2.45) is 0 Å². The number of methoxy groups -OCH3 is 1. The average Bonchev–Trinajstić information content (AvgIpc) is 3.07. The molecule has 34 heavy (non-hydrogen) atoms. The van der Waals surface area contributed by atoms with Gasteiger partial charge in [-0.05, 0) is 30.3 Å². The summed E-state index contributed by atoms with van der Waals surface area (Å²) in [4.78, 5) is 15.0. The molecule has 3 aromatic carbocycles. The van der Waals surface area contributed by atoms with Crippen LogP contribution in [0.2, 0.25) is 0 Å². The number of fused-ring (bicyclic) bond motifs is 2. The molecule has 0 saturated heterocycles. The van der Waals surface area contributed by atoms with Crippen molar-refractivity contribution in [2.45, 2.75) is 12.6 Å². The first-order valence-corrected chi connectivity index (χ1v) is 11.5. The maximum atomic E-state index is 12.7. The van der Waals surface area contributed by atoms with Gasteiger partial charge in [-0.2, -0.15) is 0 Å². The van der Waals surface area contributed by atoms with Crippen molar-refractivity contribution >= 4 is 5.91 Å². The third kappa shape index (κ3) is 4.79. The first-order valence-electron chi connectivity index (χ1n) is 11.5. The van der Waals surface area contributed by atoms with Gasteiger partial charge in [-0.25, -0.2) is 0 Å². The van der Waals surface area contributed by atoms with Gasteiger partial charge < -0.3 is 24.3 Å². The van der Waals surface area contributed by atoms with E-state index in [0.29, 0.717) is 49.9 Å². The van der Waals surface area contributed by atoms with E-state index >= 15 is 0 Å². The van der Waals surface area contributed by atoms with E-state index in [-0.39, 0.29) is 12.0 Å². The van der Waals surface area contributed by atoms with Crippen LogP contribution >= 0.6 is 0 Å². The molecule has 176 valence electrons. The van der Waals surface area contributed by atoms with E-state index in [2.05, 4.69) is 16.3 Å². The summed E-state index contributed by atoms with van der Waals surface area (Å²) < 4.78 is 23.2. The van der Waals surface area contributed by atoms with Crippen molar-refractivity contribution in [1.82, 2.24) is 10.2 Å². The summed E-state index contributed by atoms with van der Waals surface area (Å²) in [5.41, 5.74) is 2.69. The van der Waals surface area contributed by atoms with Crippen LogP contribution in [0.4, 0.5) is 0 Å². The van der Waals surface area contributed by atoms with Crippen LogP contribution in [-0.2, 0) is 6.54 Å². The Morgan fingerprint density at radius 2 is 1.79 bits per heavy atom. The summed E-state index contributed by atoms with van der Waals surface area (Å²) in [7, 11) is 1.68. The highest BCUT2D eigenvalue weighted by atomic mass is 16.6. The van der Waals surface area contributed by atoms with E-state index in [1.165, 1.54) is 0 Å². The quantitative estimate of drug-likeness (QED) is 0.603. The fourth-order valence-electron chi connectivity index (χ4n) is 4.36. The molecule has 5 rings (SSSR count). The Kier molecular flexibility index (Phi) is 6.53. The van der Waals surface area contributed by atoms with Crippen molar-refractivity contribution in [1.29, 1.82) is 0 Å². The van der Waals surface area contributed by atoms with Crippen LogP contribution in [0.3, 0.4) is 0 Å². The molecular weight excluding hydrogens is 432 g/mol. The molecule has 2 aliphatic heterocycles. The molecule has 0 radical (unpaired) electrons. The van der Waals surface area contributed by atoms with Crippen LogP contribution in [0, 0.1) is 0 Å². The third-order valence-corrected chi connectivity index (χ3v) is 6.06. The maximum absolute atomic E-state index is 12.7. The monoisotopic (exact) mass is 460 g/mol. The van der Waals surface area contributed by atoms with E-state index in [1.54, 1.807) is 25.3 Å². The molecule has 1 N–H and O–H groups in total. The Balaban J connectivity index is 1.27. The van der Waals surface area contributed by atoms with Gasteiger partial charge in [-0.1, -0.05) is 36.4 Å². The van der Waals surface area contributed by atoms with Crippen LogP contribution in [0.15, 0.2) is 66.7 Å². The third-order valence-electron chi connectivity index (χ3n) is 6.06. The minimum atomic E-state index is -0.187. The molecule has 7 heteroatoms. The topological polar surface area (TPSA) is 69.3 Å². The maximum Gasteiger partial charge on any atom is 0.251 e. The summed E-state index contributed by atoms with van der Waals surface area (Å²) in [6.07, 6.45) is -0.187. The summed E-state index contributed by atoms with van der Waals surface area (Å²) >= 11 is 0. The lowest BCUT2D eigenvalue weighted by molar-refractivity contribution is 0.0941. The second-order valence-electron chi connectivity index (χ2n) is 8.31. The number of hydrogen-bond acceptors (Lipinski definition) is 6. The van der Waals surface area contributed by atoms with E-state index < -0.39 is 0 Å². The van der Waals surface area contributed by atoms with E-state index in [1.807, 2.05) is 42.5 Å². The molecule has 0 spiro atoms. The number of benzene rings is 3. The minimum Gasteiger partial charge on any atom is -0.496 e. The summed E-state index contributed by atoms with van der Waals surface area (Å²) in [6, 6.07) is 21.3. The Morgan fingerprint density at radius 1 is 1.00 bits per heavy atom. The normalized spacial score (nSPS) is 17.1. The van der Waals surface area contributed by atoms with Crippen LogP contribution in [0.5, 0.6) is 23.0 Å². The second kappa shape index (κ2) is 10.1. The van der Waals surface area contributed by atoms with Gasteiger partial charge in [0.1, 0.15) is 30.8 Å². The predicted molar refractivity (Wildman–Crippen MR) is 128 cm³/mol. The van der Waals surface area contributed by atoms with Gasteiger partial charge in [0.25, 0.3) is 5.91 Å². The van der Waals surface area contributed by atoms with Crippen molar-refractivity contribution in [3.05, 3.63) is 83.4 Å². The molecule has 0 saturated carbocycles. The number of carbonyl (C=O) groups excluding carboxylic acids is 1. The van der Waals surface area contributed by atoms with Gasteiger partial charge >= 0.3 is 0 Å². The highest BCUT2D eigenvalue weighted by molar-refractivity contribution is 5.94. The first-order chi connectivity index (χ1) is 16.7. The Labute approximate surface area is 199 Å². The number of nitrogens with zero attached hydrogens (tertiary/aromatic N) is 1. The zero-order valence-corrected chi connectivity index (χ0v) is 19.2. The molecule has 0 bridgehead atoms. The Hall–Kier alpha value is -3.71. The number of rotatable bonds is 6. The van der Waals surface area contributed by atoms with Crippen molar-refractivity contribution < 1.29 is 23.7 Å². The lowest BCUT2D eigenvalue weighted by Crippen LogP contribution is -2.36. The number of ether oxygens (including phenoxy) is 4. The molecule has 1 amide bonds. The molecule has 3 aromatic rings. The minimum absolute atomic E-state index is 0.135. The van der Waals surface area contributed by atoms with Gasteiger partial charge in [-0.3, -0.25) is 9.69 Å². The lowest BCUT2D eigenvalue weighted by Gasteiger charge is -2.25. The first kappa shape index (κ1) is 22.1. The fraction of sp³-hybridized carbons (Fsp3) is 0.296. The van der Waals surface area contributed by atoms with Crippen LogP contribution in [0.25, 0.3) is 0 Å². The number of para-hydroxylation sites is 2. The van der Waals surface area contributed by atoms with Gasteiger partial charge in [0, 0.05) is 42.9 Å². The number of amides is 1. The summed E-state index contributed by atoms with van der Waals surface area (Å²) in [5.74, 6) is 2.83. The van der Waals surface area contributed by atoms with E-state index in [9.17, 15) is 4.79 Å². The van der Waals surface area contributed by atoms with Crippen LogP contribution < -0.4 is 24.3 Å². The van der Waals surface area contributed by atoms with Gasteiger partial charge in [-0.15, -0.1) is 0 Å². The lowest BCUT2D eigenvalue weighted by atomic mass is 10.1. The molecule has 0 unspecified atom stereocenters. The summed E-state index contributed by atoms with van der Waals surface area (Å²) in [6.45, 7) is 3.62. The largest absolute Gasteiger partial charge is 0.496 e. The van der Waals surface area contributed by atoms with Crippen LogP contribution in [-0.4, -0.2) is 50.8 Å². The molecule has 7 nitrogen and oxygen atoms in total. The summed E-state index contributed by atoms with van der Waals surface area (Å²) in [5, 5.41) is 3.03. The SMILES string of the molecule is COc1ccccc1[C@@H]1CN(CCNC(=O)c2ccc3c(c2)OCCO3)Cc2ccccc2O1.